The smallest absolute Gasteiger partial charge is 0.262 e. The first-order valence-corrected chi connectivity index (χ1v) is 7.56. The molecule has 1 N–H and O–H groups in total. The number of hydrogen-bond acceptors (Lipinski definition) is 3. The highest BCUT2D eigenvalue weighted by Gasteiger charge is 2.18. The molecule has 0 aromatic carbocycles. The molecule has 2 rings (SSSR count). The van der Waals surface area contributed by atoms with Gasteiger partial charge in [0.05, 0.1) is 4.34 Å². The van der Waals surface area contributed by atoms with E-state index < -0.39 is 0 Å². The van der Waals surface area contributed by atoms with E-state index in [9.17, 15) is 4.79 Å². The van der Waals surface area contributed by atoms with Gasteiger partial charge in [-0.2, -0.15) is 5.26 Å². The Balaban J connectivity index is 2.02. The molecule has 1 aliphatic carbocycles. The largest absolute Gasteiger partial charge is 0.349 e. The lowest BCUT2D eigenvalue weighted by Gasteiger charge is -2.22. The predicted molar refractivity (Wildman–Crippen MR) is 77.9 cm³/mol. The number of nitriles is 1. The molecule has 0 radical (unpaired) electrons. The quantitative estimate of drug-likeness (QED) is 0.682. The van der Waals surface area contributed by atoms with Crippen molar-refractivity contribution in [1.29, 1.82) is 5.26 Å². The Morgan fingerprint density at radius 1 is 1.42 bits per heavy atom. The maximum atomic E-state index is 12.0. The van der Waals surface area contributed by atoms with Crippen LogP contribution in [0.15, 0.2) is 17.7 Å². The van der Waals surface area contributed by atoms with Crippen LogP contribution in [0.5, 0.6) is 0 Å². The zero-order chi connectivity index (χ0) is 13.7. The minimum Gasteiger partial charge on any atom is -0.349 e. The van der Waals surface area contributed by atoms with Crippen molar-refractivity contribution in [2.45, 2.75) is 38.1 Å². The van der Waals surface area contributed by atoms with Gasteiger partial charge in [-0.1, -0.05) is 30.9 Å². The van der Waals surface area contributed by atoms with E-state index >= 15 is 0 Å². The second-order valence-electron chi connectivity index (χ2n) is 4.62. The van der Waals surface area contributed by atoms with Crippen molar-refractivity contribution in [3.05, 3.63) is 26.9 Å². The molecule has 5 heteroatoms. The van der Waals surface area contributed by atoms with Gasteiger partial charge in [-0.15, -0.1) is 11.3 Å². The van der Waals surface area contributed by atoms with Gasteiger partial charge in [0.2, 0.25) is 0 Å². The number of nitrogens with zero attached hydrogens (tertiary/aromatic N) is 1. The van der Waals surface area contributed by atoms with E-state index in [1.165, 1.54) is 17.8 Å². The number of carbonyl (C=O) groups is 1. The molecule has 0 spiro atoms. The van der Waals surface area contributed by atoms with Crippen LogP contribution in [0.1, 0.15) is 37.0 Å². The molecule has 0 saturated heterocycles. The van der Waals surface area contributed by atoms with Crippen LogP contribution < -0.4 is 5.32 Å². The first-order valence-electron chi connectivity index (χ1n) is 6.37. The highest BCUT2D eigenvalue weighted by molar-refractivity contribution is 7.17. The lowest BCUT2D eigenvalue weighted by Crippen LogP contribution is -2.36. The molecule has 0 unspecified atom stereocenters. The zero-order valence-electron chi connectivity index (χ0n) is 10.5. The summed E-state index contributed by atoms with van der Waals surface area (Å²) in [6.07, 6.45) is 7.15. The number of rotatable bonds is 3. The minimum absolute atomic E-state index is 0.143. The molecule has 1 aromatic rings. The summed E-state index contributed by atoms with van der Waals surface area (Å²) < 4.78 is 0.649. The van der Waals surface area contributed by atoms with Crippen LogP contribution in [0.4, 0.5) is 0 Å². The number of halogens is 1. The van der Waals surface area contributed by atoms with Crippen LogP contribution in [-0.2, 0) is 4.79 Å². The van der Waals surface area contributed by atoms with E-state index in [1.807, 2.05) is 6.07 Å². The molecular formula is C14H15ClN2OS. The standard InChI is InChI=1S/C14H15ClN2OS/c15-13-7-6-12(19-13)8-10(9-16)14(18)17-11-4-2-1-3-5-11/h6-8,11H,1-5H2,(H,17,18)/b10-8-. The molecule has 0 bridgehead atoms. The van der Waals surface area contributed by atoms with Crippen LogP contribution in [0.2, 0.25) is 4.34 Å². The lowest BCUT2D eigenvalue weighted by molar-refractivity contribution is -0.117. The first-order chi connectivity index (χ1) is 9.19. The van der Waals surface area contributed by atoms with Crippen LogP contribution >= 0.6 is 22.9 Å². The summed E-state index contributed by atoms with van der Waals surface area (Å²) in [7, 11) is 0. The van der Waals surface area contributed by atoms with E-state index in [0.29, 0.717) is 4.34 Å². The maximum Gasteiger partial charge on any atom is 0.262 e. The zero-order valence-corrected chi connectivity index (χ0v) is 12.1. The number of thiophene rings is 1. The average molecular weight is 295 g/mol. The number of hydrogen-bond donors (Lipinski definition) is 1. The van der Waals surface area contributed by atoms with Crippen LogP contribution in [0.3, 0.4) is 0 Å². The lowest BCUT2D eigenvalue weighted by atomic mass is 9.95. The van der Waals surface area contributed by atoms with Gasteiger partial charge in [0.1, 0.15) is 11.6 Å². The summed E-state index contributed by atoms with van der Waals surface area (Å²) in [4.78, 5) is 12.8. The fourth-order valence-electron chi connectivity index (χ4n) is 2.21. The number of carbonyl (C=O) groups excluding carboxylic acids is 1. The SMILES string of the molecule is N#C/C(=C/c1ccc(Cl)s1)C(=O)NC1CCCCC1. The summed E-state index contributed by atoms with van der Waals surface area (Å²) >= 11 is 7.18. The van der Waals surface area contributed by atoms with Gasteiger partial charge in [-0.25, -0.2) is 0 Å². The highest BCUT2D eigenvalue weighted by Crippen LogP contribution is 2.24. The van der Waals surface area contributed by atoms with Crippen LogP contribution in [0.25, 0.3) is 6.08 Å². The van der Waals surface area contributed by atoms with Crippen molar-refractivity contribution in [2.24, 2.45) is 0 Å². The molecule has 1 amide bonds. The van der Waals surface area contributed by atoms with Crippen molar-refractivity contribution >= 4 is 34.9 Å². The Morgan fingerprint density at radius 3 is 2.74 bits per heavy atom. The molecule has 3 nitrogen and oxygen atoms in total. The molecule has 1 fully saturated rings. The molecular weight excluding hydrogens is 280 g/mol. The molecule has 1 aromatic heterocycles. The molecule has 100 valence electrons. The Labute approximate surface area is 121 Å². The first kappa shape index (κ1) is 14.1. The van der Waals surface area contributed by atoms with Crippen molar-refractivity contribution < 1.29 is 4.79 Å². The molecule has 1 saturated carbocycles. The molecule has 0 aliphatic heterocycles. The van der Waals surface area contributed by atoms with E-state index in [4.69, 9.17) is 16.9 Å². The minimum atomic E-state index is -0.279. The van der Waals surface area contributed by atoms with Crippen molar-refractivity contribution in [1.82, 2.24) is 5.32 Å². The van der Waals surface area contributed by atoms with E-state index in [2.05, 4.69) is 5.32 Å². The Bertz CT molecular complexity index is 524. The Morgan fingerprint density at radius 2 is 2.16 bits per heavy atom. The Hall–Kier alpha value is -1.31. The highest BCUT2D eigenvalue weighted by atomic mass is 35.5. The van der Waals surface area contributed by atoms with Gasteiger partial charge < -0.3 is 5.32 Å². The molecule has 1 aliphatic rings. The fraction of sp³-hybridized carbons (Fsp3) is 0.429. The summed E-state index contributed by atoms with van der Waals surface area (Å²) in [6, 6.07) is 5.73. The predicted octanol–water partition coefficient (Wildman–Crippen LogP) is 3.76. The van der Waals surface area contributed by atoms with Crippen molar-refractivity contribution in [3.63, 3.8) is 0 Å². The van der Waals surface area contributed by atoms with E-state index in [0.717, 1.165) is 30.6 Å². The van der Waals surface area contributed by atoms with Crippen LogP contribution in [-0.4, -0.2) is 11.9 Å². The third-order valence-electron chi connectivity index (χ3n) is 3.19. The van der Waals surface area contributed by atoms with Gasteiger partial charge in [0.15, 0.2) is 0 Å². The second-order valence-corrected chi connectivity index (χ2v) is 6.37. The van der Waals surface area contributed by atoms with Crippen LogP contribution in [0, 0.1) is 11.3 Å². The summed E-state index contributed by atoms with van der Waals surface area (Å²) in [6.45, 7) is 0. The summed E-state index contributed by atoms with van der Waals surface area (Å²) in [5.74, 6) is -0.279. The number of nitrogens with one attached hydrogen (secondary N) is 1. The third-order valence-corrected chi connectivity index (χ3v) is 4.36. The fourth-order valence-corrected chi connectivity index (χ4v) is 3.21. The monoisotopic (exact) mass is 294 g/mol. The molecule has 19 heavy (non-hydrogen) atoms. The third kappa shape index (κ3) is 4.09. The van der Waals surface area contributed by atoms with Gasteiger partial charge >= 0.3 is 0 Å². The summed E-state index contributed by atoms with van der Waals surface area (Å²) in [5.41, 5.74) is 0.143. The van der Waals surface area contributed by atoms with Crippen molar-refractivity contribution in [2.75, 3.05) is 0 Å². The molecule has 0 atom stereocenters. The normalized spacial score (nSPS) is 16.9. The van der Waals surface area contributed by atoms with Gasteiger partial charge in [-0.05, 0) is 31.1 Å². The summed E-state index contributed by atoms with van der Waals surface area (Å²) in [5, 5.41) is 12.0. The number of amides is 1. The second kappa shape index (κ2) is 6.74. The van der Waals surface area contributed by atoms with E-state index in [-0.39, 0.29) is 17.5 Å². The van der Waals surface area contributed by atoms with E-state index in [1.54, 1.807) is 18.2 Å². The van der Waals surface area contributed by atoms with Gasteiger partial charge in [0, 0.05) is 10.9 Å². The average Bonchev–Trinajstić information content (AvgIpc) is 2.82. The molecule has 1 heterocycles. The van der Waals surface area contributed by atoms with Gasteiger partial charge in [-0.3, -0.25) is 4.79 Å². The van der Waals surface area contributed by atoms with Gasteiger partial charge in [0.25, 0.3) is 5.91 Å². The topological polar surface area (TPSA) is 52.9 Å². The van der Waals surface area contributed by atoms with Crippen molar-refractivity contribution in [3.8, 4) is 6.07 Å². The maximum absolute atomic E-state index is 12.0. The Kier molecular flexibility index (Phi) is 5.00.